The first-order valence-corrected chi connectivity index (χ1v) is 3.55. The fourth-order valence-electron chi connectivity index (χ4n) is 0.784. The molecule has 0 atom stereocenters. The Labute approximate surface area is 74.4 Å². The molecule has 60 valence electrons. The van der Waals surface area contributed by atoms with Gasteiger partial charge in [-0.05, 0) is 18.2 Å². The second-order valence-electron chi connectivity index (χ2n) is 2.17. The van der Waals surface area contributed by atoms with Gasteiger partial charge in [0.15, 0.2) is 0 Å². The van der Waals surface area contributed by atoms with Crippen LogP contribution in [0.1, 0.15) is 11.1 Å². The van der Waals surface area contributed by atoms with Crippen LogP contribution in [0.25, 0.3) is 0 Å². The highest BCUT2D eigenvalue weighted by atomic mass is 32.1. The lowest BCUT2D eigenvalue weighted by Crippen LogP contribution is -2.11. The Morgan fingerprint density at radius 1 is 1.58 bits per heavy atom. The second-order valence-corrected chi connectivity index (χ2v) is 2.61. The molecule has 0 amide bonds. The van der Waals surface area contributed by atoms with Crippen LogP contribution in [-0.4, -0.2) is 4.99 Å². The van der Waals surface area contributed by atoms with Crippen molar-refractivity contribution >= 4 is 17.2 Å². The number of nitrogens with two attached hydrogens (primary N) is 1. The molecule has 0 saturated carbocycles. The molecule has 12 heavy (non-hydrogen) atoms. The van der Waals surface area contributed by atoms with Crippen molar-refractivity contribution in [3.63, 3.8) is 0 Å². The summed E-state index contributed by atoms with van der Waals surface area (Å²) in [6, 6.07) is 5.78. The molecule has 0 saturated heterocycles. The average Bonchev–Trinajstić information content (AvgIpc) is 2.03. The predicted octanol–water partition coefficient (Wildman–Crippen LogP) is 1.33. The first-order chi connectivity index (χ1) is 5.65. The maximum Gasteiger partial charge on any atom is 0.134 e. The van der Waals surface area contributed by atoms with Gasteiger partial charge in [-0.15, -0.1) is 0 Å². The zero-order valence-electron chi connectivity index (χ0n) is 6.04. The lowest BCUT2D eigenvalue weighted by atomic mass is 10.1. The molecule has 4 heteroatoms. The van der Waals surface area contributed by atoms with Gasteiger partial charge in [0.1, 0.15) is 10.8 Å². The molecule has 0 radical (unpaired) electrons. The van der Waals surface area contributed by atoms with Crippen LogP contribution >= 0.6 is 12.2 Å². The van der Waals surface area contributed by atoms with E-state index in [4.69, 9.17) is 11.0 Å². The van der Waals surface area contributed by atoms with E-state index in [1.165, 1.54) is 12.1 Å². The minimum Gasteiger partial charge on any atom is -0.389 e. The molecule has 0 aliphatic rings. The molecule has 1 aromatic carbocycles. The maximum atomic E-state index is 13.0. The zero-order valence-corrected chi connectivity index (χ0v) is 6.86. The zero-order chi connectivity index (χ0) is 9.14. The molecule has 0 aromatic heterocycles. The monoisotopic (exact) mass is 180 g/mol. The Morgan fingerprint density at radius 2 is 2.25 bits per heavy atom. The summed E-state index contributed by atoms with van der Waals surface area (Å²) in [5.41, 5.74) is 5.64. The summed E-state index contributed by atoms with van der Waals surface area (Å²) in [5, 5.41) is 8.41. The predicted molar refractivity (Wildman–Crippen MR) is 47.0 cm³/mol. The number of thiocarbonyl (C=S) groups is 1. The summed E-state index contributed by atoms with van der Waals surface area (Å²) in [6.45, 7) is 0. The van der Waals surface area contributed by atoms with Crippen LogP contribution in [0.15, 0.2) is 18.2 Å². The summed E-state index contributed by atoms with van der Waals surface area (Å²) < 4.78 is 13.0. The van der Waals surface area contributed by atoms with Crippen LogP contribution in [0.3, 0.4) is 0 Å². The third kappa shape index (κ3) is 1.57. The van der Waals surface area contributed by atoms with E-state index in [2.05, 4.69) is 12.2 Å². The van der Waals surface area contributed by atoms with Gasteiger partial charge in [-0.25, -0.2) is 4.39 Å². The van der Waals surface area contributed by atoms with E-state index < -0.39 is 5.82 Å². The van der Waals surface area contributed by atoms with Gasteiger partial charge in [0.05, 0.1) is 11.6 Å². The Kier molecular flexibility index (Phi) is 2.36. The van der Waals surface area contributed by atoms with Gasteiger partial charge in [-0.1, -0.05) is 12.2 Å². The second kappa shape index (κ2) is 3.28. The minimum absolute atomic E-state index is 0.00279. The maximum absolute atomic E-state index is 13.0. The third-order valence-electron chi connectivity index (χ3n) is 1.36. The van der Waals surface area contributed by atoms with Gasteiger partial charge in [-0.2, -0.15) is 5.26 Å². The lowest BCUT2D eigenvalue weighted by Gasteiger charge is -1.99. The van der Waals surface area contributed by atoms with Crippen molar-refractivity contribution in [2.24, 2.45) is 5.73 Å². The van der Waals surface area contributed by atoms with Crippen molar-refractivity contribution in [1.29, 1.82) is 5.26 Å². The molecule has 1 rings (SSSR count). The number of nitriles is 1. The van der Waals surface area contributed by atoms with E-state index in [0.29, 0.717) is 0 Å². The first-order valence-electron chi connectivity index (χ1n) is 3.14. The number of halogens is 1. The number of benzene rings is 1. The molecule has 0 aliphatic heterocycles. The highest BCUT2D eigenvalue weighted by molar-refractivity contribution is 7.80. The van der Waals surface area contributed by atoms with Crippen LogP contribution in [0.2, 0.25) is 0 Å². The topological polar surface area (TPSA) is 49.8 Å². The van der Waals surface area contributed by atoms with Gasteiger partial charge in [-0.3, -0.25) is 0 Å². The molecule has 2 nitrogen and oxygen atoms in total. The van der Waals surface area contributed by atoms with Crippen LogP contribution in [-0.2, 0) is 0 Å². The van der Waals surface area contributed by atoms with Crippen molar-refractivity contribution in [2.45, 2.75) is 0 Å². The molecule has 0 unspecified atom stereocenters. The van der Waals surface area contributed by atoms with E-state index in [9.17, 15) is 4.39 Å². The summed E-state index contributed by atoms with van der Waals surface area (Å²) in [5.74, 6) is -0.554. The van der Waals surface area contributed by atoms with Gasteiger partial charge in [0.2, 0.25) is 0 Å². The van der Waals surface area contributed by atoms with Crippen LogP contribution < -0.4 is 5.73 Å². The standard InChI is InChI=1S/C8H5FN2S/c9-7-3-5(4-10)1-2-6(7)8(11)12/h1-3H,(H2,11,12). The molecule has 0 aliphatic carbocycles. The van der Waals surface area contributed by atoms with E-state index in [-0.39, 0.29) is 16.1 Å². The van der Waals surface area contributed by atoms with Crippen molar-refractivity contribution in [2.75, 3.05) is 0 Å². The summed E-state index contributed by atoms with van der Waals surface area (Å²) >= 11 is 4.58. The largest absolute Gasteiger partial charge is 0.389 e. The van der Waals surface area contributed by atoms with Gasteiger partial charge < -0.3 is 5.73 Å². The molecule has 0 fully saturated rings. The molecular weight excluding hydrogens is 175 g/mol. The normalized spacial score (nSPS) is 9.00. The Bertz CT molecular complexity index is 368. The quantitative estimate of drug-likeness (QED) is 0.663. The SMILES string of the molecule is N#Cc1ccc(C(N)=S)c(F)c1. The Hall–Kier alpha value is -1.47. The minimum atomic E-state index is -0.554. The van der Waals surface area contributed by atoms with Crippen LogP contribution in [0.5, 0.6) is 0 Å². The molecule has 0 bridgehead atoms. The number of hydrogen-bond acceptors (Lipinski definition) is 2. The summed E-state index contributed by atoms with van der Waals surface area (Å²) in [7, 11) is 0. The molecule has 0 spiro atoms. The van der Waals surface area contributed by atoms with Crippen LogP contribution in [0, 0.1) is 17.1 Å². The van der Waals surface area contributed by atoms with Crippen LogP contribution in [0.4, 0.5) is 4.39 Å². The van der Waals surface area contributed by atoms with Gasteiger partial charge in [0, 0.05) is 5.56 Å². The van der Waals surface area contributed by atoms with E-state index in [1.54, 1.807) is 0 Å². The van der Waals surface area contributed by atoms with E-state index in [0.717, 1.165) is 6.07 Å². The van der Waals surface area contributed by atoms with E-state index in [1.807, 2.05) is 6.07 Å². The smallest absolute Gasteiger partial charge is 0.134 e. The first kappa shape index (κ1) is 8.62. The Balaban J connectivity index is 3.23. The Morgan fingerprint density at radius 3 is 2.67 bits per heavy atom. The fraction of sp³-hybridized carbons (Fsp3) is 0. The van der Waals surface area contributed by atoms with Crippen molar-refractivity contribution in [3.8, 4) is 6.07 Å². The lowest BCUT2D eigenvalue weighted by molar-refractivity contribution is 0.625. The van der Waals surface area contributed by atoms with Gasteiger partial charge in [0.25, 0.3) is 0 Å². The number of nitrogens with zero attached hydrogens (tertiary/aromatic N) is 1. The summed E-state index contributed by atoms with van der Waals surface area (Å²) in [4.78, 5) is -0.00279. The number of hydrogen-bond donors (Lipinski definition) is 1. The van der Waals surface area contributed by atoms with Crippen molar-refractivity contribution < 1.29 is 4.39 Å². The molecule has 1 aromatic rings. The average molecular weight is 180 g/mol. The van der Waals surface area contributed by atoms with Crippen molar-refractivity contribution in [3.05, 3.63) is 35.1 Å². The third-order valence-corrected chi connectivity index (χ3v) is 1.58. The fourth-order valence-corrected chi connectivity index (χ4v) is 0.950. The summed E-state index contributed by atoms with van der Waals surface area (Å²) in [6.07, 6.45) is 0. The van der Waals surface area contributed by atoms with Gasteiger partial charge >= 0.3 is 0 Å². The number of rotatable bonds is 1. The molecule has 2 N–H and O–H groups in total. The van der Waals surface area contributed by atoms with Crippen molar-refractivity contribution in [1.82, 2.24) is 0 Å². The highest BCUT2D eigenvalue weighted by Crippen LogP contribution is 2.09. The molecule has 0 heterocycles. The van der Waals surface area contributed by atoms with E-state index >= 15 is 0 Å². The highest BCUT2D eigenvalue weighted by Gasteiger charge is 2.04. The molecular formula is C8H5FN2S.